The quantitative estimate of drug-likeness (QED) is 0.606. The molecule has 1 N–H and O–H groups in total. The molecule has 0 atom stereocenters. The lowest BCUT2D eigenvalue weighted by Gasteiger charge is -2.48. The second kappa shape index (κ2) is 6.77. The Morgan fingerprint density at radius 2 is 1.74 bits per heavy atom. The normalized spacial score (nSPS) is 26.3. The minimum absolute atomic E-state index is 0.0134. The van der Waals surface area contributed by atoms with Crippen molar-refractivity contribution in [2.75, 3.05) is 40.0 Å². The zero-order valence-corrected chi connectivity index (χ0v) is 14.1. The van der Waals surface area contributed by atoms with Gasteiger partial charge in [0.05, 0.1) is 7.11 Å². The minimum atomic E-state index is -0.914. The van der Waals surface area contributed by atoms with Crippen molar-refractivity contribution in [3.63, 3.8) is 0 Å². The van der Waals surface area contributed by atoms with Crippen LogP contribution < -0.4 is 5.32 Å². The van der Waals surface area contributed by atoms with E-state index < -0.39 is 11.4 Å². The van der Waals surface area contributed by atoms with Gasteiger partial charge in [-0.15, -0.1) is 0 Å². The molecule has 3 aliphatic rings. The van der Waals surface area contributed by atoms with Crippen LogP contribution >= 0.6 is 0 Å². The number of esters is 1. The average Bonchev–Trinajstić information content (AvgIpc) is 3.42. The number of nitrogens with one attached hydrogen (secondary N) is 1. The smallest absolute Gasteiger partial charge is 0.321 e. The molecule has 0 unspecified atom stereocenters. The summed E-state index contributed by atoms with van der Waals surface area (Å²) in [4.78, 5) is 26.9. The third-order valence-corrected chi connectivity index (χ3v) is 5.79. The lowest BCUT2D eigenvalue weighted by atomic mass is 9.85. The summed E-state index contributed by atoms with van der Waals surface area (Å²) in [6.07, 6.45) is 6.83. The van der Waals surface area contributed by atoms with E-state index in [1.165, 1.54) is 26.4 Å². The highest BCUT2D eigenvalue weighted by molar-refractivity contribution is 6.05. The topological polar surface area (TPSA) is 67.9 Å². The molecule has 1 amide bonds. The van der Waals surface area contributed by atoms with Crippen molar-refractivity contribution in [3.05, 3.63) is 0 Å². The lowest BCUT2D eigenvalue weighted by Crippen LogP contribution is -2.60. The maximum Gasteiger partial charge on any atom is 0.321 e. The molecule has 2 aliphatic heterocycles. The summed E-state index contributed by atoms with van der Waals surface area (Å²) in [5.41, 5.74) is -0.927. The summed E-state index contributed by atoms with van der Waals surface area (Å²) in [7, 11) is 1.35. The van der Waals surface area contributed by atoms with Crippen LogP contribution in [-0.4, -0.2) is 62.3 Å². The van der Waals surface area contributed by atoms with Crippen LogP contribution in [0.3, 0.4) is 0 Å². The van der Waals surface area contributed by atoms with Crippen LogP contribution in [0.25, 0.3) is 0 Å². The third-order valence-electron chi connectivity index (χ3n) is 5.79. The summed E-state index contributed by atoms with van der Waals surface area (Å²) in [5.74, 6) is -0.554. The first-order chi connectivity index (χ1) is 11.1. The summed E-state index contributed by atoms with van der Waals surface area (Å²) >= 11 is 0. The number of amides is 1. The number of hydrogen-bond acceptors (Lipinski definition) is 5. The fourth-order valence-electron chi connectivity index (χ4n) is 3.98. The van der Waals surface area contributed by atoms with Crippen molar-refractivity contribution in [3.8, 4) is 0 Å². The van der Waals surface area contributed by atoms with Crippen LogP contribution in [0.2, 0.25) is 0 Å². The number of hydrogen-bond donors (Lipinski definition) is 1. The van der Waals surface area contributed by atoms with Gasteiger partial charge < -0.3 is 14.8 Å². The standard InChI is InChI=1S/C17H28N2O4/c1-22-15(21)17(5-6-17)14(20)18-13-16(7-11-23-12-8-16)19-9-3-2-4-10-19/h2-13H2,1H3,(H,18,20). The molecule has 130 valence electrons. The SMILES string of the molecule is COC(=O)C1(C(=O)NCC2(N3CCCCC3)CCOCC2)CC1. The van der Waals surface area contributed by atoms with Crippen LogP contribution in [0.1, 0.15) is 44.9 Å². The molecule has 0 aromatic carbocycles. The number of carbonyl (C=O) groups is 2. The van der Waals surface area contributed by atoms with E-state index in [-0.39, 0.29) is 11.4 Å². The zero-order valence-electron chi connectivity index (χ0n) is 14.1. The first-order valence-electron chi connectivity index (χ1n) is 8.83. The highest BCUT2D eigenvalue weighted by Crippen LogP contribution is 2.47. The number of methoxy groups -OCH3 is 1. The van der Waals surface area contributed by atoms with Gasteiger partial charge in [0, 0.05) is 25.3 Å². The fraction of sp³-hybridized carbons (Fsp3) is 0.882. The summed E-state index contributed by atoms with van der Waals surface area (Å²) in [5, 5.41) is 3.07. The van der Waals surface area contributed by atoms with Gasteiger partial charge in [-0.25, -0.2) is 0 Å². The Bertz CT molecular complexity index is 450. The van der Waals surface area contributed by atoms with E-state index in [4.69, 9.17) is 9.47 Å². The van der Waals surface area contributed by atoms with Crippen LogP contribution in [0.5, 0.6) is 0 Å². The maximum absolute atomic E-state index is 12.5. The van der Waals surface area contributed by atoms with Crippen molar-refractivity contribution in [1.82, 2.24) is 10.2 Å². The zero-order chi connectivity index (χ0) is 16.3. The molecule has 23 heavy (non-hydrogen) atoms. The molecule has 0 spiro atoms. The molecule has 0 radical (unpaired) electrons. The third kappa shape index (κ3) is 3.24. The highest BCUT2D eigenvalue weighted by Gasteiger charge is 2.58. The second-order valence-electron chi connectivity index (χ2n) is 7.14. The predicted molar refractivity (Wildman–Crippen MR) is 84.9 cm³/mol. The number of piperidine rings is 1. The molecule has 2 heterocycles. The Kier molecular flexibility index (Phi) is 4.92. The van der Waals surface area contributed by atoms with Gasteiger partial charge in [0.25, 0.3) is 0 Å². The van der Waals surface area contributed by atoms with Crippen molar-refractivity contribution < 1.29 is 19.1 Å². The van der Waals surface area contributed by atoms with Crippen LogP contribution in [0.4, 0.5) is 0 Å². The summed E-state index contributed by atoms with van der Waals surface area (Å²) in [6, 6.07) is 0. The number of nitrogens with zero attached hydrogens (tertiary/aromatic N) is 1. The van der Waals surface area contributed by atoms with E-state index in [1.807, 2.05) is 0 Å². The molecule has 3 fully saturated rings. The molecular formula is C17H28N2O4. The summed E-state index contributed by atoms with van der Waals surface area (Å²) in [6.45, 7) is 4.28. The largest absolute Gasteiger partial charge is 0.468 e. The van der Waals surface area contributed by atoms with Crippen molar-refractivity contribution in [2.24, 2.45) is 5.41 Å². The highest BCUT2D eigenvalue weighted by atomic mass is 16.5. The van der Waals surface area contributed by atoms with Gasteiger partial charge in [-0.3, -0.25) is 14.5 Å². The number of rotatable bonds is 5. The van der Waals surface area contributed by atoms with E-state index in [2.05, 4.69) is 10.2 Å². The number of likely N-dealkylation sites (tertiary alicyclic amines) is 1. The van der Waals surface area contributed by atoms with Crippen LogP contribution in [0.15, 0.2) is 0 Å². The van der Waals surface area contributed by atoms with Crippen molar-refractivity contribution in [2.45, 2.75) is 50.5 Å². The molecule has 1 saturated carbocycles. The molecular weight excluding hydrogens is 296 g/mol. The molecule has 0 aromatic rings. The first-order valence-corrected chi connectivity index (χ1v) is 8.83. The second-order valence-corrected chi connectivity index (χ2v) is 7.14. The summed E-state index contributed by atoms with van der Waals surface area (Å²) < 4.78 is 10.3. The van der Waals surface area contributed by atoms with E-state index in [0.29, 0.717) is 19.4 Å². The number of ether oxygens (including phenoxy) is 2. The lowest BCUT2D eigenvalue weighted by molar-refractivity contribution is -0.152. The van der Waals surface area contributed by atoms with Crippen molar-refractivity contribution >= 4 is 11.9 Å². The van der Waals surface area contributed by atoms with Gasteiger partial charge >= 0.3 is 5.97 Å². The van der Waals surface area contributed by atoms with Gasteiger partial charge in [-0.05, 0) is 51.6 Å². The fourth-order valence-corrected chi connectivity index (χ4v) is 3.98. The molecule has 0 bridgehead atoms. The van der Waals surface area contributed by atoms with E-state index in [9.17, 15) is 9.59 Å². The predicted octanol–water partition coefficient (Wildman–Crippen LogP) is 1.09. The molecule has 0 aromatic heterocycles. The molecule has 1 aliphatic carbocycles. The van der Waals surface area contributed by atoms with Crippen molar-refractivity contribution in [1.29, 1.82) is 0 Å². The molecule has 6 heteroatoms. The first kappa shape index (κ1) is 16.7. The van der Waals surface area contributed by atoms with Gasteiger partial charge in [-0.1, -0.05) is 6.42 Å². The average molecular weight is 324 g/mol. The van der Waals surface area contributed by atoms with E-state index >= 15 is 0 Å². The minimum Gasteiger partial charge on any atom is -0.468 e. The molecule has 2 saturated heterocycles. The Morgan fingerprint density at radius 1 is 1.09 bits per heavy atom. The number of carbonyl (C=O) groups excluding carboxylic acids is 2. The Morgan fingerprint density at radius 3 is 2.30 bits per heavy atom. The van der Waals surface area contributed by atoms with E-state index in [0.717, 1.165) is 39.1 Å². The van der Waals surface area contributed by atoms with E-state index in [1.54, 1.807) is 0 Å². The molecule has 3 rings (SSSR count). The van der Waals surface area contributed by atoms with Crippen LogP contribution in [0, 0.1) is 5.41 Å². The van der Waals surface area contributed by atoms with Crippen LogP contribution in [-0.2, 0) is 19.1 Å². The molecule has 6 nitrogen and oxygen atoms in total. The van der Waals surface area contributed by atoms with Gasteiger partial charge in [0.2, 0.25) is 5.91 Å². The van der Waals surface area contributed by atoms with Gasteiger partial charge in [0.15, 0.2) is 0 Å². The monoisotopic (exact) mass is 324 g/mol. The Balaban J connectivity index is 1.65. The Labute approximate surface area is 137 Å². The van der Waals surface area contributed by atoms with Gasteiger partial charge in [-0.2, -0.15) is 0 Å². The van der Waals surface area contributed by atoms with Gasteiger partial charge in [0.1, 0.15) is 5.41 Å². The maximum atomic E-state index is 12.5. The Hall–Kier alpha value is -1.14.